The minimum absolute atomic E-state index is 0.225. The van der Waals surface area contributed by atoms with Gasteiger partial charge in [-0.1, -0.05) is 6.92 Å². The van der Waals surface area contributed by atoms with Crippen molar-refractivity contribution in [2.45, 2.75) is 26.3 Å². The van der Waals surface area contributed by atoms with Gasteiger partial charge in [0.1, 0.15) is 0 Å². The van der Waals surface area contributed by atoms with Gasteiger partial charge in [-0.3, -0.25) is 0 Å². The lowest BCUT2D eigenvalue weighted by atomic mass is 10.1. The number of hydrogen-bond donors (Lipinski definition) is 1. The number of aryl methyl sites for hydroxylation is 1. The molecule has 1 unspecified atom stereocenters. The zero-order valence-electron chi connectivity index (χ0n) is 8.25. The van der Waals surface area contributed by atoms with Gasteiger partial charge >= 0.3 is 0 Å². The van der Waals surface area contributed by atoms with Crippen molar-refractivity contribution in [2.75, 3.05) is 11.5 Å². The quantitative estimate of drug-likeness (QED) is 0.763. The molecule has 0 saturated carbocycles. The minimum Gasteiger partial charge on any atom is -0.323 e. The number of thiophene rings is 1. The summed E-state index contributed by atoms with van der Waals surface area (Å²) in [6.07, 6.45) is 1.24. The van der Waals surface area contributed by atoms with Crippen LogP contribution in [0.25, 0.3) is 0 Å². The van der Waals surface area contributed by atoms with E-state index in [1.807, 2.05) is 11.8 Å². The summed E-state index contributed by atoms with van der Waals surface area (Å²) in [5.41, 5.74) is 7.39. The summed E-state index contributed by atoms with van der Waals surface area (Å²) in [6, 6.07) is 2.37. The normalized spacial score (nSPS) is 13.2. The molecule has 0 amide bonds. The summed E-state index contributed by atoms with van der Waals surface area (Å²) >= 11 is 3.73. The molecule has 1 atom stereocenters. The van der Waals surface area contributed by atoms with Crippen molar-refractivity contribution in [1.29, 1.82) is 0 Å². The van der Waals surface area contributed by atoms with E-state index in [0.29, 0.717) is 0 Å². The molecule has 0 fully saturated rings. The number of nitrogens with two attached hydrogens (primary N) is 1. The number of hydrogen-bond acceptors (Lipinski definition) is 3. The van der Waals surface area contributed by atoms with E-state index in [-0.39, 0.29) is 6.04 Å². The fourth-order valence-electron chi connectivity index (χ4n) is 1.22. The van der Waals surface area contributed by atoms with Crippen LogP contribution in [0, 0.1) is 6.92 Å². The van der Waals surface area contributed by atoms with Crippen LogP contribution >= 0.6 is 23.1 Å². The maximum absolute atomic E-state index is 6.07. The van der Waals surface area contributed by atoms with Gasteiger partial charge in [0.15, 0.2) is 0 Å². The predicted molar refractivity (Wildman–Crippen MR) is 63.6 cm³/mol. The summed E-state index contributed by atoms with van der Waals surface area (Å²) in [7, 11) is 0. The molecule has 0 aromatic carbocycles. The van der Waals surface area contributed by atoms with Crippen LogP contribution in [0.5, 0.6) is 0 Å². The maximum Gasteiger partial charge on any atom is 0.0397 e. The topological polar surface area (TPSA) is 26.0 Å². The largest absolute Gasteiger partial charge is 0.323 e. The van der Waals surface area contributed by atoms with E-state index in [1.165, 1.54) is 22.6 Å². The standard InChI is InChI=1S/C10H17NS2/c1-3-5-12-7-10(11)9-4-6-13-8(9)2/h4,6,10H,3,5,7,11H2,1-2H3. The first kappa shape index (κ1) is 11.1. The highest BCUT2D eigenvalue weighted by atomic mass is 32.2. The average Bonchev–Trinajstić information content (AvgIpc) is 2.52. The second kappa shape index (κ2) is 5.68. The lowest BCUT2D eigenvalue weighted by Crippen LogP contribution is -2.13. The fourth-order valence-corrected chi connectivity index (χ4v) is 2.89. The van der Waals surface area contributed by atoms with Crippen LogP contribution in [0.3, 0.4) is 0 Å². The van der Waals surface area contributed by atoms with Crippen LogP contribution in [0.4, 0.5) is 0 Å². The molecular weight excluding hydrogens is 198 g/mol. The van der Waals surface area contributed by atoms with E-state index < -0.39 is 0 Å². The van der Waals surface area contributed by atoms with Crippen LogP contribution < -0.4 is 5.73 Å². The zero-order valence-corrected chi connectivity index (χ0v) is 9.88. The summed E-state index contributed by atoms with van der Waals surface area (Å²) < 4.78 is 0. The predicted octanol–water partition coefficient (Wildman–Crippen LogP) is 3.20. The molecule has 1 heterocycles. The molecule has 13 heavy (non-hydrogen) atoms. The number of thioether (sulfide) groups is 1. The average molecular weight is 215 g/mol. The van der Waals surface area contributed by atoms with Crippen LogP contribution in [0.1, 0.15) is 29.8 Å². The highest BCUT2D eigenvalue weighted by Crippen LogP contribution is 2.23. The van der Waals surface area contributed by atoms with Crippen molar-refractivity contribution < 1.29 is 0 Å². The summed E-state index contributed by atoms with van der Waals surface area (Å²) in [5, 5.41) is 2.12. The zero-order chi connectivity index (χ0) is 9.68. The third-order valence-corrected chi connectivity index (χ3v) is 4.10. The van der Waals surface area contributed by atoms with Gasteiger partial charge in [-0.2, -0.15) is 11.8 Å². The molecule has 3 heteroatoms. The van der Waals surface area contributed by atoms with E-state index in [0.717, 1.165) is 5.75 Å². The van der Waals surface area contributed by atoms with Crippen molar-refractivity contribution in [3.8, 4) is 0 Å². The molecule has 1 nitrogen and oxygen atoms in total. The second-order valence-corrected chi connectivity index (χ2v) is 5.38. The molecule has 0 bridgehead atoms. The monoisotopic (exact) mass is 215 g/mol. The second-order valence-electron chi connectivity index (χ2n) is 3.11. The van der Waals surface area contributed by atoms with E-state index in [1.54, 1.807) is 11.3 Å². The summed E-state index contributed by atoms with van der Waals surface area (Å²) in [6.45, 7) is 4.35. The lowest BCUT2D eigenvalue weighted by Gasteiger charge is -2.10. The van der Waals surface area contributed by atoms with Gasteiger partial charge in [-0.05, 0) is 36.1 Å². The maximum atomic E-state index is 6.07. The third kappa shape index (κ3) is 3.33. The molecule has 1 aromatic heterocycles. The van der Waals surface area contributed by atoms with Crippen molar-refractivity contribution in [3.05, 3.63) is 21.9 Å². The molecule has 2 N–H and O–H groups in total. The molecule has 0 spiro atoms. The lowest BCUT2D eigenvalue weighted by molar-refractivity contribution is 0.828. The van der Waals surface area contributed by atoms with Crippen molar-refractivity contribution in [2.24, 2.45) is 5.73 Å². The Hall–Kier alpha value is 0.01000. The highest BCUT2D eigenvalue weighted by molar-refractivity contribution is 7.99. The fraction of sp³-hybridized carbons (Fsp3) is 0.600. The highest BCUT2D eigenvalue weighted by Gasteiger charge is 2.08. The first-order valence-electron chi connectivity index (χ1n) is 4.63. The first-order chi connectivity index (χ1) is 6.25. The van der Waals surface area contributed by atoms with E-state index in [4.69, 9.17) is 5.73 Å². The minimum atomic E-state index is 0.225. The smallest absolute Gasteiger partial charge is 0.0397 e. The molecule has 1 aromatic rings. The SMILES string of the molecule is CCCSCC(N)c1ccsc1C. The van der Waals surface area contributed by atoms with Crippen molar-refractivity contribution in [3.63, 3.8) is 0 Å². The first-order valence-corrected chi connectivity index (χ1v) is 6.66. The van der Waals surface area contributed by atoms with Crippen molar-refractivity contribution >= 4 is 23.1 Å². The van der Waals surface area contributed by atoms with Crippen LogP contribution in [-0.4, -0.2) is 11.5 Å². The van der Waals surface area contributed by atoms with Gasteiger partial charge in [0, 0.05) is 16.7 Å². The van der Waals surface area contributed by atoms with Crippen molar-refractivity contribution in [1.82, 2.24) is 0 Å². The Bertz CT molecular complexity index is 245. The van der Waals surface area contributed by atoms with Gasteiger partial charge in [-0.25, -0.2) is 0 Å². The molecule has 0 saturated heterocycles. The molecule has 0 aliphatic carbocycles. The molecule has 1 rings (SSSR count). The van der Waals surface area contributed by atoms with Crippen LogP contribution in [-0.2, 0) is 0 Å². The Morgan fingerprint density at radius 3 is 2.92 bits per heavy atom. The molecule has 0 aliphatic rings. The Kier molecular flexibility index (Phi) is 4.84. The van der Waals surface area contributed by atoms with Gasteiger partial charge in [0.05, 0.1) is 0 Å². The van der Waals surface area contributed by atoms with Crippen LogP contribution in [0.2, 0.25) is 0 Å². The Balaban J connectivity index is 2.39. The Morgan fingerprint density at radius 1 is 1.62 bits per heavy atom. The molecule has 0 radical (unpaired) electrons. The molecular formula is C10H17NS2. The van der Waals surface area contributed by atoms with E-state index in [2.05, 4.69) is 25.3 Å². The van der Waals surface area contributed by atoms with Gasteiger partial charge in [0.2, 0.25) is 0 Å². The van der Waals surface area contributed by atoms with E-state index in [9.17, 15) is 0 Å². The van der Waals surface area contributed by atoms with Gasteiger partial charge in [-0.15, -0.1) is 11.3 Å². The van der Waals surface area contributed by atoms with Gasteiger partial charge in [0.25, 0.3) is 0 Å². The summed E-state index contributed by atoms with van der Waals surface area (Å²) in [5.74, 6) is 2.27. The van der Waals surface area contributed by atoms with Gasteiger partial charge < -0.3 is 5.73 Å². The van der Waals surface area contributed by atoms with E-state index >= 15 is 0 Å². The summed E-state index contributed by atoms with van der Waals surface area (Å²) in [4.78, 5) is 1.37. The number of rotatable bonds is 5. The molecule has 0 aliphatic heterocycles. The Morgan fingerprint density at radius 2 is 2.38 bits per heavy atom. The molecule has 74 valence electrons. The van der Waals surface area contributed by atoms with Crippen LogP contribution in [0.15, 0.2) is 11.4 Å². The third-order valence-electron chi connectivity index (χ3n) is 1.94. The Labute approximate surface area is 88.7 Å².